The highest BCUT2D eigenvalue weighted by Gasteiger charge is 2.19. The average Bonchev–Trinajstić information content (AvgIpc) is 2.71. The fourth-order valence-electron chi connectivity index (χ4n) is 2.56. The van der Waals surface area contributed by atoms with Gasteiger partial charge in [0.05, 0.1) is 4.92 Å². The number of non-ortho nitro benzene ring substituents is 1. The molecule has 0 spiro atoms. The lowest BCUT2D eigenvalue weighted by molar-refractivity contribution is -0.384. The van der Waals surface area contributed by atoms with Crippen LogP contribution in [0.5, 0.6) is 5.75 Å². The molecule has 1 atom stereocenters. The summed E-state index contributed by atoms with van der Waals surface area (Å²) in [6.07, 6.45) is 0.904. The predicted molar refractivity (Wildman–Crippen MR) is 86.7 cm³/mol. The van der Waals surface area contributed by atoms with Crippen molar-refractivity contribution in [2.24, 2.45) is 0 Å². The van der Waals surface area contributed by atoms with Gasteiger partial charge in [-0.25, -0.2) is 0 Å². The van der Waals surface area contributed by atoms with Gasteiger partial charge in [0, 0.05) is 18.7 Å². The van der Waals surface area contributed by atoms with E-state index in [0.29, 0.717) is 5.75 Å². The van der Waals surface area contributed by atoms with Gasteiger partial charge >= 0.3 is 0 Å². The van der Waals surface area contributed by atoms with Crippen molar-refractivity contribution in [1.82, 2.24) is 5.32 Å². The van der Waals surface area contributed by atoms with Crippen molar-refractivity contribution in [3.8, 4) is 5.75 Å². The SMILES string of the molecule is Cl.O=[N+]([O-])c1ccc(OC2CNCCc3ccccc32)cc1. The van der Waals surface area contributed by atoms with Crippen LogP contribution < -0.4 is 10.1 Å². The van der Waals surface area contributed by atoms with Gasteiger partial charge in [0.2, 0.25) is 0 Å². The third-order valence-corrected chi connectivity index (χ3v) is 3.63. The molecule has 0 radical (unpaired) electrons. The summed E-state index contributed by atoms with van der Waals surface area (Å²) in [4.78, 5) is 10.3. The Morgan fingerprint density at radius 1 is 1.14 bits per heavy atom. The summed E-state index contributed by atoms with van der Waals surface area (Å²) in [5, 5.41) is 14.0. The third kappa shape index (κ3) is 3.55. The lowest BCUT2D eigenvalue weighted by Crippen LogP contribution is -2.23. The molecule has 22 heavy (non-hydrogen) atoms. The number of halogens is 1. The molecule has 2 aromatic rings. The molecule has 0 saturated carbocycles. The molecule has 0 fully saturated rings. The van der Waals surface area contributed by atoms with Crippen molar-refractivity contribution in [1.29, 1.82) is 0 Å². The number of benzene rings is 2. The molecule has 3 rings (SSSR count). The molecule has 0 aromatic heterocycles. The summed E-state index contributed by atoms with van der Waals surface area (Å²) < 4.78 is 6.01. The Labute approximate surface area is 134 Å². The monoisotopic (exact) mass is 320 g/mol. The van der Waals surface area contributed by atoms with Crippen LogP contribution in [0.15, 0.2) is 48.5 Å². The molecule has 1 heterocycles. The number of nitrogens with one attached hydrogen (secondary N) is 1. The topological polar surface area (TPSA) is 64.4 Å². The highest BCUT2D eigenvalue weighted by molar-refractivity contribution is 5.85. The number of nitrogens with zero attached hydrogens (tertiary/aromatic N) is 1. The number of rotatable bonds is 3. The van der Waals surface area contributed by atoms with E-state index < -0.39 is 4.92 Å². The van der Waals surface area contributed by atoms with Crippen molar-refractivity contribution in [2.45, 2.75) is 12.5 Å². The quantitative estimate of drug-likeness (QED) is 0.696. The molecular weight excluding hydrogens is 304 g/mol. The maximum atomic E-state index is 10.7. The highest BCUT2D eigenvalue weighted by atomic mass is 35.5. The molecule has 1 aliphatic rings. The van der Waals surface area contributed by atoms with E-state index >= 15 is 0 Å². The Balaban J connectivity index is 0.00000176. The summed E-state index contributed by atoms with van der Waals surface area (Å²) in [6, 6.07) is 14.5. The smallest absolute Gasteiger partial charge is 0.269 e. The first-order valence-corrected chi connectivity index (χ1v) is 6.93. The Morgan fingerprint density at radius 3 is 2.59 bits per heavy atom. The van der Waals surface area contributed by atoms with Crippen LogP contribution in [0.25, 0.3) is 0 Å². The molecule has 6 heteroatoms. The van der Waals surface area contributed by atoms with Gasteiger partial charge in [0.25, 0.3) is 5.69 Å². The molecule has 5 nitrogen and oxygen atoms in total. The van der Waals surface area contributed by atoms with Crippen molar-refractivity contribution in [2.75, 3.05) is 13.1 Å². The van der Waals surface area contributed by atoms with Gasteiger partial charge in [-0.1, -0.05) is 24.3 Å². The van der Waals surface area contributed by atoms with Gasteiger partial charge in [-0.05, 0) is 36.2 Å². The van der Waals surface area contributed by atoms with Crippen molar-refractivity contribution in [3.63, 3.8) is 0 Å². The van der Waals surface area contributed by atoms with Crippen molar-refractivity contribution < 1.29 is 9.66 Å². The van der Waals surface area contributed by atoms with E-state index in [-0.39, 0.29) is 24.2 Å². The van der Waals surface area contributed by atoms with E-state index in [2.05, 4.69) is 17.4 Å². The zero-order valence-corrected chi connectivity index (χ0v) is 12.7. The number of nitro benzene ring substituents is 1. The van der Waals surface area contributed by atoms with E-state index in [1.807, 2.05) is 12.1 Å². The molecule has 0 bridgehead atoms. The van der Waals surface area contributed by atoms with E-state index in [1.54, 1.807) is 12.1 Å². The molecule has 1 aliphatic heterocycles. The molecule has 116 valence electrons. The van der Waals surface area contributed by atoms with Crippen LogP contribution in [0.4, 0.5) is 5.69 Å². The number of ether oxygens (including phenoxy) is 1. The first-order chi connectivity index (χ1) is 10.2. The second-order valence-electron chi connectivity index (χ2n) is 5.01. The van der Waals surface area contributed by atoms with Gasteiger partial charge in [-0.2, -0.15) is 0 Å². The zero-order valence-electron chi connectivity index (χ0n) is 11.9. The summed E-state index contributed by atoms with van der Waals surface area (Å²) in [7, 11) is 0. The molecule has 1 unspecified atom stereocenters. The van der Waals surface area contributed by atoms with Crippen LogP contribution in [-0.2, 0) is 6.42 Å². The van der Waals surface area contributed by atoms with Crippen LogP contribution in [0, 0.1) is 10.1 Å². The molecule has 0 amide bonds. The molecule has 1 N–H and O–H groups in total. The Bertz CT molecular complexity index is 646. The van der Waals surface area contributed by atoms with Gasteiger partial charge in [0.15, 0.2) is 0 Å². The summed E-state index contributed by atoms with van der Waals surface area (Å²) in [5.74, 6) is 0.643. The summed E-state index contributed by atoms with van der Waals surface area (Å²) >= 11 is 0. The summed E-state index contributed by atoms with van der Waals surface area (Å²) in [6.45, 7) is 1.66. The van der Waals surface area contributed by atoms with Crippen LogP contribution in [0.3, 0.4) is 0 Å². The van der Waals surface area contributed by atoms with Gasteiger partial charge < -0.3 is 10.1 Å². The van der Waals surface area contributed by atoms with Gasteiger partial charge in [-0.3, -0.25) is 10.1 Å². The van der Waals surface area contributed by atoms with E-state index in [4.69, 9.17) is 4.74 Å². The summed E-state index contributed by atoms with van der Waals surface area (Å²) in [5.41, 5.74) is 2.54. The molecule has 0 saturated heterocycles. The van der Waals surface area contributed by atoms with E-state index in [1.165, 1.54) is 23.3 Å². The second kappa shape index (κ2) is 7.24. The number of fused-ring (bicyclic) bond motifs is 1. The van der Waals surface area contributed by atoms with Crippen molar-refractivity contribution in [3.05, 3.63) is 69.8 Å². The minimum Gasteiger partial charge on any atom is -0.484 e. The fourth-order valence-corrected chi connectivity index (χ4v) is 2.56. The van der Waals surface area contributed by atoms with Gasteiger partial charge in [-0.15, -0.1) is 12.4 Å². The molecule has 2 aromatic carbocycles. The van der Waals surface area contributed by atoms with E-state index in [9.17, 15) is 10.1 Å². The number of hydrogen-bond donors (Lipinski definition) is 1. The van der Waals surface area contributed by atoms with Gasteiger partial charge in [0.1, 0.15) is 11.9 Å². The Kier molecular flexibility index (Phi) is 5.35. The molecular formula is C16H17ClN2O3. The Morgan fingerprint density at radius 2 is 1.86 bits per heavy atom. The lowest BCUT2D eigenvalue weighted by atomic mass is 10.0. The largest absolute Gasteiger partial charge is 0.484 e. The standard InChI is InChI=1S/C16H16N2O3.ClH/c19-18(20)13-5-7-14(8-6-13)21-16-11-17-10-9-12-3-1-2-4-15(12)16;/h1-8,16-17H,9-11H2;1H. The predicted octanol–water partition coefficient (Wildman–Crippen LogP) is 3.28. The number of hydrogen-bond acceptors (Lipinski definition) is 4. The van der Waals surface area contributed by atoms with Crippen LogP contribution >= 0.6 is 12.4 Å². The first kappa shape index (κ1) is 16.3. The van der Waals surface area contributed by atoms with Crippen molar-refractivity contribution >= 4 is 18.1 Å². The first-order valence-electron chi connectivity index (χ1n) is 6.93. The third-order valence-electron chi connectivity index (χ3n) is 3.63. The second-order valence-corrected chi connectivity index (χ2v) is 5.01. The lowest BCUT2D eigenvalue weighted by Gasteiger charge is -2.19. The molecule has 0 aliphatic carbocycles. The maximum absolute atomic E-state index is 10.7. The van der Waals surface area contributed by atoms with Crippen LogP contribution in [-0.4, -0.2) is 18.0 Å². The minimum atomic E-state index is -0.410. The zero-order chi connectivity index (χ0) is 14.7. The maximum Gasteiger partial charge on any atom is 0.269 e. The Hall–Kier alpha value is -2.11. The van der Waals surface area contributed by atoms with Crippen LogP contribution in [0.2, 0.25) is 0 Å². The fraction of sp³-hybridized carbons (Fsp3) is 0.250. The van der Waals surface area contributed by atoms with Crippen LogP contribution in [0.1, 0.15) is 17.2 Å². The van der Waals surface area contributed by atoms with E-state index in [0.717, 1.165) is 19.5 Å². The average molecular weight is 321 g/mol. The minimum absolute atomic E-state index is 0. The highest BCUT2D eigenvalue weighted by Crippen LogP contribution is 2.27. The number of nitro groups is 1. The normalized spacial score (nSPS) is 16.8.